The second-order valence-electron chi connectivity index (χ2n) is 6.20. The summed E-state index contributed by atoms with van der Waals surface area (Å²) in [6, 6.07) is 1.80. The van der Waals surface area contributed by atoms with E-state index in [4.69, 9.17) is 5.73 Å². The SMILES string of the molecule is C/C(=C\C(N)=Nc1ccnc(N2CCN(C)CC2)n1)C1CC1. The van der Waals surface area contributed by atoms with Crippen LogP contribution in [-0.2, 0) is 0 Å². The van der Waals surface area contributed by atoms with Crippen molar-refractivity contribution in [2.24, 2.45) is 16.6 Å². The van der Waals surface area contributed by atoms with Crippen molar-refractivity contribution in [3.8, 4) is 0 Å². The maximum Gasteiger partial charge on any atom is 0.227 e. The summed E-state index contributed by atoms with van der Waals surface area (Å²) < 4.78 is 0. The third-order valence-corrected chi connectivity index (χ3v) is 4.25. The standard InChI is InChI=1S/C16H24N6/c1-12(13-3-4-13)11-14(17)19-15-5-6-18-16(20-15)22-9-7-21(2)8-10-22/h5-6,11,13H,3-4,7-10H2,1-2H3,(H2,17,18,19,20)/b12-11+. The first-order valence-electron chi connectivity index (χ1n) is 7.91. The zero-order valence-corrected chi connectivity index (χ0v) is 13.4. The molecule has 6 heteroatoms. The molecule has 0 radical (unpaired) electrons. The molecule has 2 N–H and O–H groups in total. The van der Waals surface area contributed by atoms with E-state index >= 15 is 0 Å². The fourth-order valence-corrected chi connectivity index (χ4v) is 2.61. The fourth-order valence-electron chi connectivity index (χ4n) is 2.61. The molecule has 6 nitrogen and oxygen atoms in total. The molecule has 0 spiro atoms. The number of piperazine rings is 1. The number of allylic oxidation sites excluding steroid dienone is 1. The quantitative estimate of drug-likeness (QED) is 0.675. The van der Waals surface area contributed by atoms with E-state index in [1.54, 1.807) is 12.3 Å². The first-order chi connectivity index (χ1) is 10.6. The number of nitrogens with two attached hydrogens (primary N) is 1. The molecule has 0 bridgehead atoms. The highest BCUT2D eigenvalue weighted by Crippen LogP contribution is 2.35. The van der Waals surface area contributed by atoms with Gasteiger partial charge in [-0.05, 0) is 38.8 Å². The Bertz CT molecular complexity index is 582. The molecule has 3 rings (SSSR count). The molecule has 1 aliphatic carbocycles. The number of aromatic nitrogens is 2. The van der Waals surface area contributed by atoms with Gasteiger partial charge in [0, 0.05) is 38.4 Å². The van der Waals surface area contributed by atoms with Crippen LogP contribution in [0.1, 0.15) is 19.8 Å². The second-order valence-corrected chi connectivity index (χ2v) is 6.20. The van der Waals surface area contributed by atoms with Gasteiger partial charge in [-0.15, -0.1) is 0 Å². The molecule has 118 valence electrons. The predicted molar refractivity (Wildman–Crippen MR) is 89.5 cm³/mol. The van der Waals surface area contributed by atoms with Gasteiger partial charge < -0.3 is 15.5 Å². The smallest absolute Gasteiger partial charge is 0.227 e. The van der Waals surface area contributed by atoms with E-state index in [0.29, 0.717) is 17.6 Å². The van der Waals surface area contributed by atoms with Gasteiger partial charge in [0.2, 0.25) is 5.95 Å². The summed E-state index contributed by atoms with van der Waals surface area (Å²) in [5.41, 5.74) is 7.33. The predicted octanol–water partition coefficient (Wildman–Crippen LogP) is 1.57. The van der Waals surface area contributed by atoms with E-state index in [-0.39, 0.29) is 0 Å². The molecule has 0 unspecified atom stereocenters. The Balaban J connectivity index is 1.72. The third-order valence-electron chi connectivity index (χ3n) is 4.25. The Labute approximate surface area is 131 Å². The van der Waals surface area contributed by atoms with Crippen LogP contribution in [-0.4, -0.2) is 53.9 Å². The maximum absolute atomic E-state index is 6.01. The monoisotopic (exact) mass is 300 g/mol. The number of hydrogen-bond acceptors (Lipinski definition) is 5. The van der Waals surface area contributed by atoms with Crippen molar-refractivity contribution in [2.45, 2.75) is 19.8 Å². The van der Waals surface area contributed by atoms with Crippen LogP contribution in [0.4, 0.5) is 11.8 Å². The minimum atomic E-state index is 0.521. The van der Waals surface area contributed by atoms with Gasteiger partial charge in [-0.25, -0.2) is 9.98 Å². The number of hydrogen-bond donors (Lipinski definition) is 1. The van der Waals surface area contributed by atoms with Gasteiger partial charge in [0.15, 0.2) is 5.82 Å². The second kappa shape index (κ2) is 6.44. The number of nitrogens with zero attached hydrogens (tertiary/aromatic N) is 5. The molecule has 0 aromatic carbocycles. The summed E-state index contributed by atoms with van der Waals surface area (Å²) >= 11 is 0. The van der Waals surface area contributed by atoms with Gasteiger partial charge in [-0.1, -0.05) is 5.57 Å². The van der Waals surface area contributed by atoms with Crippen molar-refractivity contribution in [1.82, 2.24) is 14.9 Å². The molecule has 2 aliphatic rings. The van der Waals surface area contributed by atoms with Crippen molar-refractivity contribution in [3.63, 3.8) is 0 Å². The third kappa shape index (κ3) is 3.82. The molecule has 2 fully saturated rings. The topological polar surface area (TPSA) is 70.6 Å². The van der Waals surface area contributed by atoms with E-state index < -0.39 is 0 Å². The molecule has 1 aromatic heterocycles. The molecule has 1 aliphatic heterocycles. The maximum atomic E-state index is 6.01. The number of likely N-dealkylation sites (N-methyl/N-ethyl adjacent to an activating group) is 1. The van der Waals surface area contributed by atoms with Gasteiger partial charge in [-0.2, -0.15) is 4.98 Å². The Kier molecular flexibility index (Phi) is 4.38. The van der Waals surface area contributed by atoms with Crippen molar-refractivity contribution in [2.75, 3.05) is 38.1 Å². The van der Waals surface area contributed by atoms with E-state index in [1.165, 1.54) is 18.4 Å². The van der Waals surface area contributed by atoms with Crippen molar-refractivity contribution in [1.29, 1.82) is 0 Å². The first-order valence-corrected chi connectivity index (χ1v) is 7.91. The minimum absolute atomic E-state index is 0.521. The van der Waals surface area contributed by atoms with E-state index in [1.807, 2.05) is 6.08 Å². The Morgan fingerprint density at radius 2 is 2.05 bits per heavy atom. The zero-order chi connectivity index (χ0) is 15.5. The number of anilines is 1. The van der Waals surface area contributed by atoms with Crippen LogP contribution in [0.25, 0.3) is 0 Å². The Hall–Kier alpha value is -1.95. The van der Waals surface area contributed by atoms with E-state index in [2.05, 4.69) is 38.7 Å². The lowest BCUT2D eigenvalue weighted by Gasteiger charge is -2.32. The molecular formula is C16H24N6. The highest BCUT2D eigenvalue weighted by molar-refractivity contribution is 5.93. The molecule has 22 heavy (non-hydrogen) atoms. The molecule has 1 saturated heterocycles. The van der Waals surface area contributed by atoms with Crippen LogP contribution >= 0.6 is 0 Å². The summed E-state index contributed by atoms with van der Waals surface area (Å²) in [7, 11) is 2.13. The molecule has 1 aromatic rings. The van der Waals surface area contributed by atoms with Crippen LogP contribution in [0.3, 0.4) is 0 Å². The number of rotatable bonds is 4. The summed E-state index contributed by atoms with van der Waals surface area (Å²) in [4.78, 5) is 17.8. The molecular weight excluding hydrogens is 276 g/mol. The van der Waals surface area contributed by atoms with Crippen molar-refractivity contribution < 1.29 is 0 Å². The van der Waals surface area contributed by atoms with Crippen LogP contribution < -0.4 is 10.6 Å². The van der Waals surface area contributed by atoms with Crippen LogP contribution in [0, 0.1) is 5.92 Å². The zero-order valence-electron chi connectivity index (χ0n) is 13.4. The summed E-state index contributed by atoms with van der Waals surface area (Å²) in [5, 5.41) is 0. The summed E-state index contributed by atoms with van der Waals surface area (Å²) in [5.74, 6) is 2.60. The lowest BCUT2D eigenvalue weighted by atomic mass is 10.2. The van der Waals surface area contributed by atoms with Gasteiger partial charge in [0.05, 0.1) is 0 Å². The minimum Gasteiger partial charge on any atom is -0.384 e. The molecule has 2 heterocycles. The number of aliphatic imine (C=N–C) groups is 1. The lowest BCUT2D eigenvalue weighted by molar-refractivity contribution is 0.311. The van der Waals surface area contributed by atoms with E-state index in [0.717, 1.165) is 32.1 Å². The highest BCUT2D eigenvalue weighted by Gasteiger charge is 2.22. The van der Waals surface area contributed by atoms with E-state index in [9.17, 15) is 0 Å². The Morgan fingerprint density at radius 1 is 1.32 bits per heavy atom. The average Bonchev–Trinajstić information content (AvgIpc) is 3.32. The molecule has 0 atom stereocenters. The van der Waals surface area contributed by atoms with Gasteiger partial charge >= 0.3 is 0 Å². The summed E-state index contributed by atoms with van der Waals surface area (Å²) in [6.45, 7) is 6.07. The molecule has 1 saturated carbocycles. The Morgan fingerprint density at radius 3 is 2.73 bits per heavy atom. The lowest BCUT2D eigenvalue weighted by Crippen LogP contribution is -2.45. The van der Waals surface area contributed by atoms with Crippen LogP contribution in [0.15, 0.2) is 28.9 Å². The molecule has 0 amide bonds. The largest absolute Gasteiger partial charge is 0.384 e. The van der Waals surface area contributed by atoms with Crippen LogP contribution in [0.2, 0.25) is 0 Å². The van der Waals surface area contributed by atoms with Gasteiger partial charge in [0.25, 0.3) is 0 Å². The van der Waals surface area contributed by atoms with Crippen molar-refractivity contribution >= 4 is 17.6 Å². The van der Waals surface area contributed by atoms with Crippen LogP contribution in [0.5, 0.6) is 0 Å². The average molecular weight is 300 g/mol. The normalized spacial score (nSPS) is 21.3. The fraction of sp³-hybridized carbons (Fsp3) is 0.562. The number of amidine groups is 1. The van der Waals surface area contributed by atoms with Gasteiger partial charge in [0.1, 0.15) is 5.84 Å². The van der Waals surface area contributed by atoms with Crippen molar-refractivity contribution in [3.05, 3.63) is 23.9 Å². The first kappa shape index (κ1) is 15.0. The highest BCUT2D eigenvalue weighted by atomic mass is 15.3. The summed E-state index contributed by atoms with van der Waals surface area (Å²) in [6.07, 6.45) is 6.27. The van der Waals surface area contributed by atoms with Gasteiger partial charge in [-0.3, -0.25) is 0 Å².